The second-order valence-corrected chi connectivity index (χ2v) is 5.68. The zero-order chi connectivity index (χ0) is 16.9. The quantitative estimate of drug-likeness (QED) is 0.850. The molecule has 122 valence electrons. The van der Waals surface area contributed by atoms with Gasteiger partial charge in [0.2, 0.25) is 5.91 Å². The van der Waals surface area contributed by atoms with Crippen LogP contribution in [0.5, 0.6) is 0 Å². The molecule has 0 saturated heterocycles. The van der Waals surface area contributed by atoms with E-state index in [9.17, 15) is 18.0 Å². The highest BCUT2D eigenvalue weighted by Crippen LogP contribution is 2.27. The predicted molar refractivity (Wildman–Crippen MR) is 81.8 cm³/mol. The van der Waals surface area contributed by atoms with Crippen molar-refractivity contribution in [1.82, 2.24) is 15.3 Å². The molecule has 0 aliphatic carbocycles. The zero-order valence-corrected chi connectivity index (χ0v) is 13.0. The summed E-state index contributed by atoms with van der Waals surface area (Å²) in [6.45, 7) is 1.64. The van der Waals surface area contributed by atoms with Crippen molar-refractivity contribution < 1.29 is 18.0 Å². The standard InChI is InChI=1S/C15H14F3N3OS/c1-10-9-12(15(16,17)18)21-13(20-10)6-7-19-14(22)5-4-11-3-2-8-23-11/h2-5,8-9H,6-7H2,1H3,(H,19,22). The Labute approximate surface area is 135 Å². The van der Waals surface area contributed by atoms with Crippen LogP contribution in [0.2, 0.25) is 0 Å². The Morgan fingerprint density at radius 2 is 2.17 bits per heavy atom. The summed E-state index contributed by atoms with van der Waals surface area (Å²) in [6.07, 6.45) is -1.33. The summed E-state index contributed by atoms with van der Waals surface area (Å²) in [5, 5.41) is 4.48. The molecule has 4 nitrogen and oxygen atoms in total. The number of halogens is 3. The largest absolute Gasteiger partial charge is 0.433 e. The van der Waals surface area contributed by atoms with Gasteiger partial charge >= 0.3 is 6.18 Å². The molecule has 0 aliphatic heterocycles. The van der Waals surface area contributed by atoms with Gasteiger partial charge in [0.05, 0.1) is 0 Å². The summed E-state index contributed by atoms with van der Waals surface area (Å²) < 4.78 is 38.0. The van der Waals surface area contributed by atoms with Gasteiger partial charge in [-0.1, -0.05) is 6.07 Å². The SMILES string of the molecule is Cc1cc(C(F)(F)F)nc(CCNC(=O)C=Cc2cccs2)n1. The fraction of sp³-hybridized carbons (Fsp3) is 0.267. The summed E-state index contributed by atoms with van der Waals surface area (Å²) >= 11 is 1.50. The molecule has 2 aromatic heterocycles. The molecule has 0 radical (unpaired) electrons. The maximum atomic E-state index is 12.7. The van der Waals surface area contributed by atoms with Gasteiger partial charge in [-0.05, 0) is 30.5 Å². The number of nitrogens with zero attached hydrogens (tertiary/aromatic N) is 2. The van der Waals surface area contributed by atoms with Crippen LogP contribution in [0.15, 0.2) is 29.7 Å². The minimum atomic E-state index is -4.50. The Morgan fingerprint density at radius 1 is 1.39 bits per heavy atom. The molecule has 0 atom stereocenters. The van der Waals surface area contributed by atoms with Gasteiger partial charge in [-0.15, -0.1) is 11.3 Å². The van der Waals surface area contributed by atoms with Crippen LogP contribution in [0.1, 0.15) is 22.1 Å². The van der Waals surface area contributed by atoms with E-state index in [0.29, 0.717) is 0 Å². The monoisotopic (exact) mass is 341 g/mol. The molecule has 0 bridgehead atoms. The number of hydrogen-bond donors (Lipinski definition) is 1. The molecule has 0 fully saturated rings. The predicted octanol–water partition coefficient (Wildman–Crippen LogP) is 3.24. The summed E-state index contributed by atoms with van der Waals surface area (Å²) in [5.74, 6) is -0.262. The minimum absolute atomic E-state index is 0.0554. The Hall–Kier alpha value is -2.22. The van der Waals surface area contributed by atoms with Crippen molar-refractivity contribution in [3.05, 3.63) is 51.7 Å². The second kappa shape index (κ2) is 7.36. The molecule has 0 aliphatic rings. The Bertz CT molecular complexity index is 696. The van der Waals surface area contributed by atoms with Gasteiger partial charge in [-0.25, -0.2) is 9.97 Å². The number of alkyl halides is 3. The fourth-order valence-corrected chi connectivity index (χ4v) is 2.41. The van der Waals surface area contributed by atoms with Crippen LogP contribution < -0.4 is 5.32 Å². The van der Waals surface area contributed by atoms with Crippen LogP contribution in [-0.2, 0) is 17.4 Å². The van der Waals surface area contributed by atoms with Crippen LogP contribution in [0.25, 0.3) is 6.08 Å². The molecule has 8 heteroatoms. The highest BCUT2D eigenvalue weighted by molar-refractivity contribution is 7.10. The van der Waals surface area contributed by atoms with Gasteiger partial charge in [-0.2, -0.15) is 13.2 Å². The molecule has 23 heavy (non-hydrogen) atoms. The average molecular weight is 341 g/mol. The number of aromatic nitrogens is 2. The third-order valence-corrected chi connectivity index (χ3v) is 3.62. The van der Waals surface area contributed by atoms with E-state index in [1.165, 1.54) is 24.3 Å². The van der Waals surface area contributed by atoms with E-state index in [2.05, 4.69) is 15.3 Å². The number of carbonyl (C=O) groups is 1. The number of amides is 1. The Balaban J connectivity index is 1.89. The van der Waals surface area contributed by atoms with Gasteiger partial charge in [0, 0.05) is 29.6 Å². The van der Waals surface area contributed by atoms with Crippen molar-refractivity contribution in [3.8, 4) is 0 Å². The van der Waals surface area contributed by atoms with E-state index in [4.69, 9.17) is 0 Å². The fourth-order valence-electron chi connectivity index (χ4n) is 1.79. The molecule has 2 rings (SSSR count). The van der Waals surface area contributed by atoms with Crippen LogP contribution in [0, 0.1) is 6.92 Å². The zero-order valence-electron chi connectivity index (χ0n) is 12.2. The molecule has 2 heterocycles. The molecule has 1 amide bonds. The number of hydrogen-bond acceptors (Lipinski definition) is 4. The van der Waals surface area contributed by atoms with Crippen molar-refractivity contribution in [2.45, 2.75) is 19.5 Å². The van der Waals surface area contributed by atoms with Gasteiger partial charge in [0.1, 0.15) is 11.5 Å². The van der Waals surface area contributed by atoms with E-state index < -0.39 is 11.9 Å². The van der Waals surface area contributed by atoms with E-state index >= 15 is 0 Å². The van der Waals surface area contributed by atoms with E-state index in [1.807, 2.05) is 17.5 Å². The maximum absolute atomic E-state index is 12.7. The number of nitrogens with one attached hydrogen (secondary N) is 1. The lowest BCUT2D eigenvalue weighted by Gasteiger charge is -2.09. The van der Waals surface area contributed by atoms with E-state index in [0.717, 1.165) is 10.9 Å². The molecular formula is C15H14F3N3OS. The van der Waals surface area contributed by atoms with Crippen molar-refractivity contribution >= 4 is 23.3 Å². The molecule has 0 unspecified atom stereocenters. The summed E-state index contributed by atoms with van der Waals surface area (Å²) in [7, 11) is 0. The van der Waals surface area contributed by atoms with Crippen LogP contribution in [-0.4, -0.2) is 22.4 Å². The van der Waals surface area contributed by atoms with E-state index in [1.54, 1.807) is 6.08 Å². The maximum Gasteiger partial charge on any atom is 0.433 e. The Morgan fingerprint density at radius 3 is 2.83 bits per heavy atom. The molecule has 0 aromatic carbocycles. The smallest absolute Gasteiger partial charge is 0.352 e. The molecule has 0 spiro atoms. The van der Waals surface area contributed by atoms with Crippen molar-refractivity contribution in [3.63, 3.8) is 0 Å². The van der Waals surface area contributed by atoms with Gasteiger partial charge in [0.25, 0.3) is 0 Å². The van der Waals surface area contributed by atoms with Gasteiger partial charge < -0.3 is 5.32 Å². The molecule has 0 saturated carbocycles. The number of rotatable bonds is 5. The van der Waals surface area contributed by atoms with Gasteiger partial charge in [-0.3, -0.25) is 4.79 Å². The third kappa shape index (κ3) is 5.48. The summed E-state index contributed by atoms with van der Waals surface area (Å²) in [4.78, 5) is 20.0. The summed E-state index contributed by atoms with van der Waals surface area (Å²) in [5.41, 5.74) is -0.727. The topological polar surface area (TPSA) is 54.9 Å². The lowest BCUT2D eigenvalue weighted by Crippen LogP contribution is -2.24. The van der Waals surface area contributed by atoms with Crippen LogP contribution >= 0.6 is 11.3 Å². The minimum Gasteiger partial charge on any atom is -0.352 e. The summed E-state index contributed by atoms with van der Waals surface area (Å²) in [6, 6.07) is 4.63. The normalized spacial score (nSPS) is 11.8. The van der Waals surface area contributed by atoms with Crippen LogP contribution in [0.4, 0.5) is 13.2 Å². The number of carbonyl (C=O) groups excluding carboxylic acids is 1. The molecule has 1 N–H and O–H groups in total. The van der Waals surface area contributed by atoms with Crippen molar-refractivity contribution in [1.29, 1.82) is 0 Å². The Kier molecular flexibility index (Phi) is 5.49. The first-order chi connectivity index (χ1) is 10.8. The molecular weight excluding hydrogens is 327 g/mol. The number of aryl methyl sites for hydroxylation is 1. The first-order valence-corrected chi connectivity index (χ1v) is 7.64. The lowest BCUT2D eigenvalue weighted by atomic mass is 10.3. The highest BCUT2D eigenvalue weighted by Gasteiger charge is 2.33. The van der Waals surface area contributed by atoms with Crippen molar-refractivity contribution in [2.24, 2.45) is 0 Å². The number of thiophene rings is 1. The van der Waals surface area contributed by atoms with Crippen molar-refractivity contribution in [2.75, 3.05) is 6.54 Å². The third-order valence-electron chi connectivity index (χ3n) is 2.78. The average Bonchev–Trinajstić information content (AvgIpc) is 2.97. The van der Waals surface area contributed by atoms with Gasteiger partial charge in [0.15, 0.2) is 0 Å². The van der Waals surface area contributed by atoms with E-state index in [-0.39, 0.29) is 30.4 Å². The highest BCUT2D eigenvalue weighted by atomic mass is 32.1. The first-order valence-electron chi connectivity index (χ1n) is 6.76. The van der Waals surface area contributed by atoms with Crippen LogP contribution in [0.3, 0.4) is 0 Å². The first kappa shape index (κ1) is 17.1. The lowest BCUT2D eigenvalue weighted by molar-refractivity contribution is -0.141. The molecule has 2 aromatic rings. The second-order valence-electron chi connectivity index (χ2n) is 4.70.